The third-order valence-corrected chi connectivity index (χ3v) is 2.46. The summed E-state index contributed by atoms with van der Waals surface area (Å²) in [4.78, 5) is 2.42. The lowest BCUT2D eigenvalue weighted by Gasteiger charge is -1.99. The van der Waals surface area contributed by atoms with Crippen LogP contribution in [0.15, 0.2) is 0 Å². The molecule has 1 N–H and O–H groups in total. The Morgan fingerprint density at radius 3 is 1.67 bits per heavy atom. The first-order valence-corrected chi connectivity index (χ1v) is 5.08. The molecular weight excluding hydrogens is 148 g/mol. The number of hydrogen-bond donors (Lipinski definition) is 1. The molecule has 2 nitrogen and oxygen atoms in total. The molecule has 0 bridgehead atoms. The zero-order chi connectivity index (χ0) is 9.14. The fraction of sp³-hybridized carbons (Fsp3) is 1.00. The third kappa shape index (κ3) is 4.07. The van der Waals surface area contributed by atoms with Crippen LogP contribution in [0.5, 0.6) is 0 Å². The molecule has 0 amide bonds. The fourth-order valence-corrected chi connectivity index (χ4v) is 1.11. The molecule has 2 heteroatoms. The van der Waals surface area contributed by atoms with Gasteiger partial charge in [-0.05, 0) is 19.8 Å². The second-order valence-electron chi connectivity index (χ2n) is 4.39. The molecule has 2 aliphatic rings. The molecule has 0 spiro atoms. The van der Waals surface area contributed by atoms with E-state index in [4.69, 9.17) is 0 Å². The zero-order valence-corrected chi connectivity index (χ0v) is 8.80. The quantitative estimate of drug-likeness (QED) is 0.632. The summed E-state index contributed by atoms with van der Waals surface area (Å²) < 4.78 is 0. The summed E-state index contributed by atoms with van der Waals surface area (Å²) in [6.07, 6.45) is 0. The van der Waals surface area contributed by atoms with E-state index in [1.165, 1.54) is 19.6 Å². The van der Waals surface area contributed by atoms with Crippen molar-refractivity contribution >= 4 is 0 Å². The smallest absolute Gasteiger partial charge is 0.0216 e. The van der Waals surface area contributed by atoms with Gasteiger partial charge >= 0.3 is 0 Å². The topological polar surface area (TPSA) is 25.0 Å². The van der Waals surface area contributed by atoms with Crippen molar-refractivity contribution in [3.05, 3.63) is 0 Å². The predicted molar refractivity (Wildman–Crippen MR) is 53.3 cm³/mol. The molecule has 1 unspecified atom stereocenters. The molecule has 2 fully saturated rings. The van der Waals surface area contributed by atoms with Crippen molar-refractivity contribution in [1.29, 1.82) is 0 Å². The first kappa shape index (κ1) is 10.0. The van der Waals surface area contributed by atoms with Gasteiger partial charge in [-0.25, -0.2) is 0 Å². The summed E-state index contributed by atoms with van der Waals surface area (Å²) in [5.41, 5.74) is 0. The van der Waals surface area contributed by atoms with Crippen molar-refractivity contribution in [2.24, 2.45) is 5.92 Å². The van der Waals surface area contributed by atoms with E-state index in [2.05, 4.69) is 37.9 Å². The highest BCUT2D eigenvalue weighted by molar-refractivity contribution is 4.85. The Labute approximate surface area is 76.3 Å². The van der Waals surface area contributed by atoms with Crippen LogP contribution in [-0.4, -0.2) is 36.6 Å². The average molecular weight is 170 g/mol. The summed E-state index contributed by atoms with van der Waals surface area (Å²) >= 11 is 0. The normalized spacial score (nSPS) is 27.0. The van der Waals surface area contributed by atoms with Crippen LogP contribution in [-0.2, 0) is 0 Å². The van der Waals surface area contributed by atoms with Gasteiger partial charge in [-0.2, -0.15) is 0 Å². The van der Waals surface area contributed by atoms with Gasteiger partial charge < -0.3 is 5.32 Å². The van der Waals surface area contributed by atoms with Crippen LogP contribution in [0.3, 0.4) is 0 Å². The summed E-state index contributed by atoms with van der Waals surface area (Å²) in [5, 5.41) is 3.23. The molecule has 2 aliphatic heterocycles. The zero-order valence-electron chi connectivity index (χ0n) is 8.80. The van der Waals surface area contributed by atoms with Crippen LogP contribution in [0.4, 0.5) is 0 Å². The summed E-state index contributed by atoms with van der Waals surface area (Å²) in [7, 11) is 0. The highest BCUT2D eigenvalue weighted by Gasteiger charge is 2.22. The lowest BCUT2D eigenvalue weighted by atomic mass is 10.1. The molecule has 0 aromatic rings. The van der Waals surface area contributed by atoms with E-state index >= 15 is 0 Å². The summed E-state index contributed by atoms with van der Waals surface area (Å²) in [6.45, 7) is 12.8. The molecule has 0 aromatic carbocycles. The van der Waals surface area contributed by atoms with Crippen molar-refractivity contribution in [1.82, 2.24) is 10.2 Å². The Hall–Kier alpha value is -0.0800. The molecule has 0 aliphatic carbocycles. The number of hydrogen-bond acceptors (Lipinski definition) is 2. The Balaban J connectivity index is 0.000000120. The lowest BCUT2D eigenvalue weighted by molar-refractivity contribution is 0.460. The monoisotopic (exact) mass is 170 g/mol. The SMILES string of the molecule is CC(C)C1CN1.CC(C)N1CC1. The average Bonchev–Trinajstić information content (AvgIpc) is 2.85. The Morgan fingerprint density at radius 2 is 1.67 bits per heavy atom. The van der Waals surface area contributed by atoms with Crippen molar-refractivity contribution in [2.45, 2.75) is 39.8 Å². The van der Waals surface area contributed by atoms with Gasteiger partial charge in [-0.3, -0.25) is 4.90 Å². The van der Waals surface area contributed by atoms with Crippen molar-refractivity contribution in [3.8, 4) is 0 Å². The Kier molecular flexibility index (Phi) is 3.53. The highest BCUT2D eigenvalue weighted by atomic mass is 15.3. The molecule has 0 saturated carbocycles. The van der Waals surface area contributed by atoms with Gasteiger partial charge in [0.15, 0.2) is 0 Å². The van der Waals surface area contributed by atoms with Gasteiger partial charge in [0.25, 0.3) is 0 Å². The molecule has 1 atom stereocenters. The van der Waals surface area contributed by atoms with E-state index in [9.17, 15) is 0 Å². The van der Waals surface area contributed by atoms with Gasteiger partial charge in [0.05, 0.1) is 0 Å². The number of rotatable bonds is 2. The standard InChI is InChI=1S/2C5H11N/c1-5(2)6-3-4-6;1-4(2)5-3-6-5/h5H,3-4H2,1-2H3;4-6H,3H2,1-2H3. The second kappa shape index (κ2) is 4.24. The number of nitrogens with one attached hydrogen (secondary N) is 1. The van der Waals surface area contributed by atoms with Crippen LogP contribution in [0.1, 0.15) is 27.7 Å². The molecule has 72 valence electrons. The third-order valence-electron chi connectivity index (χ3n) is 2.46. The van der Waals surface area contributed by atoms with Crippen LogP contribution >= 0.6 is 0 Å². The van der Waals surface area contributed by atoms with Crippen molar-refractivity contribution in [3.63, 3.8) is 0 Å². The molecule has 2 heterocycles. The maximum absolute atomic E-state index is 3.23. The fourth-order valence-electron chi connectivity index (χ4n) is 1.11. The van der Waals surface area contributed by atoms with Crippen molar-refractivity contribution in [2.75, 3.05) is 19.6 Å². The van der Waals surface area contributed by atoms with Gasteiger partial charge in [-0.1, -0.05) is 13.8 Å². The van der Waals surface area contributed by atoms with Crippen molar-refractivity contribution < 1.29 is 0 Å². The van der Waals surface area contributed by atoms with Gasteiger partial charge in [-0.15, -0.1) is 0 Å². The van der Waals surface area contributed by atoms with E-state index in [1.54, 1.807) is 0 Å². The maximum atomic E-state index is 3.23. The first-order chi connectivity index (χ1) is 5.61. The maximum Gasteiger partial charge on any atom is 0.0216 e. The van der Waals surface area contributed by atoms with Crippen LogP contribution in [0, 0.1) is 5.92 Å². The van der Waals surface area contributed by atoms with Gasteiger partial charge in [0, 0.05) is 31.7 Å². The van der Waals surface area contributed by atoms with E-state index < -0.39 is 0 Å². The Morgan fingerprint density at radius 1 is 1.17 bits per heavy atom. The van der Waals surface area contributed by atoms with E-state index in [1.807, 2.05) is 0 Å². The molecule has 0 radical (unpaired) electrons. The minimum atomic E-state index is 0.796. The highest BCUT2D eigenvalue weighted by Crippen LogP contribution is 2.08. The minimum absolute atomic E-state index is 0.796. The van der Waals surface area contributed by atoms with E-state index in [0.29, 0.717) is 0 Å². The van der Waals surface area contributed by atoms with E-state index in [-0.39, 0.29) is 0 Å². The van der Waals surface area contributed by atoms with Crippen LogP contribution in [0.25, 0.3) is 0 Å². The van der Waals surface area contributed by atoms with Crippen LogP contribution in [0.2, 0.25) is 0 Å². The molecular formula is C10H22N2. The molecule has 0 aromatic heterocycles. The Bertz CT molecular complexity index is 108. The van der Waals surface area contributed by atoms with Crippen LogP contribution < -0.4 is 5.32 Å². The summed E-state index contributed by atoms with van der Waals surface area (Å²) in [6, 6.07) is 1.65. The molecule has 2 saturated heterocycles. The largest absolute Gasteiger partial charge is 0.311 e. The van der Waals surface area contributed by atoms with Gasteiger partial charge in [0.2, 0.25) is 0 Å². The first-order valence-electron chi connectivity index (χ1n) is 5.08. The lowest BCUT2D eigenvalue weighted by Crippen LogP contribution is -2.06. The second-order valence-corrected chi connectivity index (χ2v) is 4.39. The minimum Gasteiger partial charge on any atom is -0.311 e. The molecule has 12 heavy (non-hydrogen) atoms. The van der Waals surface area contributed by atoms with E-state index in [0.717, 1.165) is 18.0 Å². The predicted octanol–water partition coefficient (Wildman–Crippen LogP) is 1.32. The number of nitrogens with zero attached hydrogens (tertiary/aromatic N) is 1. The van der Waals surface area contributed by atoms with Gasteiger partial charge in [0.1, 0.15) is 0 Å². The summed E-state index contributed by atoms with van der Waals surface area (Å²) in [5.74, 6) is 0.852. The molecule has 2 rings (SSSR count).